The average molecular weight is 467 g/mol. The van der Waals surface area contributed by atoms with Gasteiger partial charge in [0.25, 0.3) is 0 Å². The summed E-state index contributed by atoms with van der Waals surface area (Å²) in [5, 5.41) is 3.81. The molecule has 0 aliphatic rings. The SMILES string of the molecule is C[C@@H](c1ncncc1F)[C@@](Cn1cncn1)(OP(=O)([O-])[O-])c1ccc(F)cc1F.[Ca+2]. The summed E-state index contributed by atoms with van der Waals surface area (Å²) in [5.74, 6) is -4.46. The molecule has 3 aromatic rings. The zero-order valence-electron chi connectivity index (χ0n) is 15.5. The second-order valence-electron chi connectivity index (χ2n) is 6.12. The van der Waals surface area contributed by atoms with Gasteiger partial charge in [-0.3, -0.25) is 0 Å². The maximum Gasteiger partial charge on any atom is 2.00 e. The molecule has 0 unspecified atom stereocenters. The Kier molecular flexibility index (Phi) is 8.14. The van der Waals surface area contributed by atoms with E-state index in [1.165, 1.54) is 6.92 Å². The quantitative estimate of drug-likeness (QED) is 0.366. The number of phosphoric ester groups is 1. The topological polar surface area (TPSA) is 129 Å². The molecule has 3 rings (SSSR count). The van der Waals surface area contributed by atoms with Crippen LogP contribution in [0.4, 0.5) is 13.2 Å². The second-order valence-corrected chi connectivity index (χ2v) is 7.20. The van der Waals surface area contributed by atoms with Gasteiger partial charge in [-0.2, -0.15) is 5.10 Å². The predicted molar refractivity (Wildman–Crippen MR) is 92.9 cm³/mol. The Labute approximate surface area is 198 Å². The van der Waals surface area contributed by atoms with Gasteiger partial charge < -0.3 is 18.9 Å². The molecule has 0 aliphatic heterocycles. The summed E-state index contributed by atoms with van der Waals surface area (Å²) < 4.78 is 60.1. The summed E-state index contributed by atoms with van der Waals surface area (Å²) in [6, 6.07) is 2.24. The number of halogens is 3. The van der Waals surface area contributed by atoms with E-state index in [2.05, 4.69) is 20.1 Å². The van der Waals surface area contributed by atoms with Crippen LogP contribution in [0.15, 0.2) is 43.4 Å². The van der Waals surface area contributed by atoms with E-state index < -0.39 is 48.9 Å². The molecule has 0 N–H and O–H groups in total. The van der Waals surface area contributed by atoms with Crippen molar-refractivity contribution in [1.82, 2.24) is 24.7 Å². The van der Waals surface area contributed by atoms with Crippen LogP contribution in [0.3, 0.4) is 0 Å². The van der Waals surface area contributed by atoms with Gasteiger partial charge in [-0.25, -0.2) is 32.8 Å². The molecule has 0 amide bonds. The van der Waals surface area contributed by atoms with E-state index in [0.717, 1.165) is 42.0 Å². The number of nitrogens with zero attached hydrogens (tertiary/aromatic N) is 5. The molecule has 0 spiro atoms. The number of rotatable bonds is 7. The molecule has 154 valence electrons. The molecular formula is C16H13CaF3N5O4P. The average Bonchev–Trinajstić information content (AvgIpc) is 3.12. The monoisotopic (exact) mass is 467 g/mol. The Hall–Kier alpha value is -1.40. The van der Waals surface area contributed by atoms with Crippen molar-refractivity contribution in [2.75, 3.05) is 0 Å². The van der Waals surface area contributed by atoms with Crippen LogP contribution in [0.1, 0.15) is 24.1 Å². The minimum absolute atomic E-state index is 0. The largest absolute Gasteiger partial charge is 2.00 e. The van der Waals surface area contributed by atoms with Crippen LogP contribution in [0.2, 0.25) is 0 Å². The number of benzene rings is 1. The molecule has 0 radical (unpaired) electrons. The normalized spacial score (nSPS) is 14.6. The molecular weight excluding hydrogens is 454 g/mol. The second kappa shape index (κ2) is 9.82. The van der Waals surface area contributed by atoms with E-state index in [9.17, 15) is 27.5 Å². The molecule has 2 atom stereocenters. The van der Waals surface area contributed by atoms with Crippen LogP contribution in [-0.2, 0) is 21.2 Å². The summed E-state index contributed by atoms with van der Waals surface area (Å²) in [7, 11) is -5.78. The molecule has 14 heteroatoms. The number of aromatic nitrogens is 5. The maximum absolute atomic E-state index is 14.7. The van der Waals surface area contributed by atoms with Crippen molar-refractivity contribution >= 4 is 45.6 Å². The standard InChI is InChI=1S/C16H15F3N5O4P.Ca/c1-10(15-14(19)5-20-7-22-15)16(28-29(25,26)27,6-24-9-21-8-23-24)12-3-2-11(17)4-13(12)18;/h2-5,7-10H,6H2,1H3,(H2,25,26,27);/q;+2/p-2/t10-,16+;/m0./s1. The zero-order valence-corrected chi connectivity index (χ0v) is 18.6. The Morgan fingerprint density at radius 2 is 1.93 bits per heavy atom. The van der Waals surface area contributed by atoms with Gasteiger partial charge in [-0.15, -0.1) is 0 Å². The van der Waals surface area contributed by atoms with Crippen molar-refractivity contribution in [2.45, 2.75) is 25.0 Å². The summed E-state index contributed by atoms with van der Waals surface area (Å²) in [6.07, 6.45) is 4.07. The van der Waals surface area contributed by atoms with Crippen LogP contribution in [0, 0.1) is 17.5 Å². The number of hydrogen-bond acceptors (Lipinski definition) is 8. The number of hydrogen-bond donors (Lipinski definition) is 0. The Morgan fingerprint density at radius 1 is 1.20 bits per heavy atom. The van der Waals surface area contributed by atoms with E-state index >= 15 is 0 Å². The summed E-state index contributed by atoms with van der Waals surface area (Å²) in [6.45, 7) is 0.704. The summed E-state index contributed by atoms with van der Waals surface area (Å²) in [5.41, 5.74) is -3.22. The van der Waals surface area contributed by atoms with Gasteiger partial charge >= 0.3 is 37.7 Å². The van der Waals surface area contributed by atoms with Crippen LogP contribution < -0.4 is 9.79 Å². The van der Waals surface area contributed by atoms with Gasteiger partial charge in [0.15, 0.2) is 5.82 Å². The summed E-state index contributed by atoms with van der Waals surface area (Å²) >= 11 is 0. The molecule has 0 aliphatic carbocycles. The van der Waals surface area contributed by atoms with Gasteiger partial charge in [-0.1, -0.05) is 13.0 Å². The Morgan fingerprint density at radius 3 is 2.50 bits per heavy atom. The third-order valence-electron chi connectivity index (χ3n) is 4.33. The van der Waals surface area contributed by atoms with Gasteiger partial charge in [-0.05, 0) is 6.07 Å². The first-order valence-electron chi connectivity index (χ1n) is 8.08. The first-order chi connectivity index (χ1) is 13.6. The van der Waals surface area contributed by atoms with Crippen molar-refractivity contribution in [2.24, 2.45) is 0 Å². The van der Waals surface area contributed by atoms with E-state index in [-0.39, 0.29) is 43.4 Å². The molecule has 30 heavy (non-hydrogen) atoms. The fraction of sp³-hybridized carbons (Fsp3) is 0.250. The number of phosphoric acid groups is 1. The molecule has 9 nitrogen and oxygen atoms in total. The molecule has 2 heterocycles. The zero-order chi connectivity index (χ0) is 21.2. The summed E-state index contributed by atoms with van der Waals surface area (Å²) in [4.78, 5) is 34.2. The van der Waals surface area contributed by atoms with Crippen molar-refractivity contribution in [3.63, 3.8) is 0 Å². The Bertz CT molecular complexity index is 1060. The molecule has 2 aromatic heterocycles. The van der Waals surface area contributed by atoms with Crippen LogP contribution in [0.5, 0.6) is 0 Å². The predicted octanol–water partition coefficient (Wildman–Crippen LogP) is 0.649. The minimum Gasteiger partial charge on any atom is -0.790 e. The van der Waals surface area contributed by atoms with E-state index in [4.69, 9.17) is 4.52 Å². The Balaban J connectivity index is 0.00000320. The van der Waals surface area contributed by atoms with Crippen molar-refractivity contribution in [1.29, 1.82) is 0 Å². The van der Waals surface area contributed by atoms with Crippen molar-refractivity contribution in [3.8, 4) is 0 Å². The van der Waals surface area contributed by atoms with Crippen LogP contribution in [-0.4, -0.2) is 62.5 Å². The van der Waals surface area contributed by atoms with Gasteiger partial charge in [0.1, 0.15) is 36.2 Å². The molecule has 0 bridgehead atoms. The fourth-order valence-electron chi connectivity index (χ4n) is 3.06. The third kappa shape index (κ3) is 5.44. The van der Waals surface area contributed by atoms with Gasteiger partial charge in [0.05, 0.1) is 26.3 Å². The van der Waals surface area contributed by atoms with Crippen molar-refractivity contribution in [3.05, 3.63) is 72.1 Å². The molecule has 0 saturated heterocycles. The maximum atomic E-state index is 14.7. The van der Waals surface area contributed by atoms with Crippen molar-refractivity contribution < 1.29 is 32.0 Å². The first kappa shape index (κ1) is 24.9. The van der Waals surface area contributed by atoms with Crippen LogP contribution in [0.25, 0.3) is 0 Å². The van der Waals surface area contributed by atoms with E-state index in [1.54, 1.807) is 0 Å². The molecule has 0 fully saturated rings. The minimum atomic E-state index is -5.78. The molecule has 0 saturated carbocycles. The fourth-order valence-corrected chi connectivity index (χ4v) is 3.77. The van der Waals surface area contributed by atoms with E-state index in [1.807, 2.05) is 0 Å². The first-order valence-corrected chi connectivity index (χ1v) is 9.54. The molecule has 1 aromatic carbocycles. The van der Waals surface area contributed by atoms with Crippen LogP contribution >= 0.6 is 7.82 Å². The van der Waals surface area contributed by atoms with Gasteiger partial charge in [0, 0.05) is 17.5 Å². The smallest absolute Gasteiger partial charge is 0.790 e. The third-order valence-corrected chi connectivity index (χ3v) is 4.88. The van der Waals surface area contributed by atoms with E-state index in [0.29, 0.717) is 6.07 Å². The van der Waals surface area contributed by atoms with Gasteiger partial charge in [0.2, 0.25) is 0 Å².